The number of nitrogens with zero attached hydrogens (tertiary/aromatic N) is 1. The van der Waals surface area contributed by atoms with Crippen molar-refractivity contribution in [3.8, 4) is 0 Å². The van der Waals surface area contributed by atoms with Crippen molar-refractivity contribution in [1.82, 2.24) is 0 Å². The van der Waals surface area contributed by atoms with Crippen LogP contribution < -0.4 is 0 Å². The fraction of sp³-hybridized carbons (Fsp3) is 1.00. The van der Waals surface area contributed by atoms with Crippen LogP contribution in [0.25, 0.3) is 0 Å². The molecule has 9 heteroatoms. The maximum atomic E-state index is 5.75. The van der Waals surface area contributed by atoms with E-state index >= 15 is 0 Å². The molecule has 1 nitrogen and oxygen atoms in total. The van der Waals surface area contributed by atoms with Crippen molar-refractivity contribution < 1.29 is 0 Å². The van der Waals surface area contributed by atoms with Crippen LogP contribution in [0, 0.1) is 0 Å². The average Bonchev–Trinajstić information content (AvgIpc) is 1.52. The van der Waals surface area contributed by atoms with E-state index in [0.29, 0.717) is 0 Å². The Morgan fingerprint density at radius 2 is 1.42 bits per heavy atom. The third-order valence-electron chi connectivity index (χ3n) is 1.06. The van der Waals surface area contributed by atoms with Crippen LogP contribution >= 0.6 is 77.9 Å². The molecule has 76 valence electrons. The first kappa shape index (κ1) is 14.4. The predicted molar refractivity (Wildman–Crippen MR) is 66.9 cm³/mol. The Kier molecular flexibility index (Phi) is 5.40. The van der Waals surface area contributed by atoms with Gasteiger partial charge < -0.3 is 0 Å². The quantitative estimate of drug-likeness (QED) is 0.506. The third-order valence-corrected chi connectivity index (χ3v) is 8.31. The van der Waals surface area contributed by atoms with Crippen LogP contribution in [0.3, 0.4) is 0 Å². The van der Waals surface area contributed by atoms with E-state index in [1.165, 1.54) is 0 Å². The molecule has 0 N–H and O–H groups in total. The van der Waals surface area contributed by atoms with Gasteiger partial charge in [-0.3, -0.25) is 0 Å². The summed E-state index contributed by atoms with van der Waals surface area (Å²) in [5, 5.41) is -6.65. The summed E-state index contributed by atoms with van der Waals surface area (Å²) >= 11 is 33.9. The van der Waals surface area contributed by atoms with Crippen molar-refractivity contribution in [2.24, 2.45) is 4.74 Å². The molecule has 0 saturated carbocycles. The van der Waals surface area contributed by atoms with Crippen molar-refractivity contribution in [3.63, 3.8) is 0 Å². The van der Waals surface area contributed by atoms with Crippen LogP contribution in [0.4, 0.5) is 0 Å². The molecule has 0 radical (unpaired) electrons. The summed E-state index contributed by atoms with van der Waals surface area (Å²) < 4.78 is 3.89. The molecule has 0 amide bonds. The van der Waals surface area contributed by atoms with Crippen LogP contribution in [0.5, 0.6) is 0 Å². The van der Waals surface area contributed by atoms with Gasteiger partial charge in [0, 0.05) is 0 Å². The Balaban J connectivity index is 4.91. The van der Waals surface area contributed by atoms with E-state index in [4.69, 9.17) is 67.4 Å². The summed E-state index contributed by atoms with van der Waals surface area (Å²) in [5.74, 6) is 0. The zero-order chi connectivity index (χ0) is 10.2. The van der Waals surface area contributed by atoms with Gasteiger partial charge in [-0.2, -0.15) is 0 Å². The molecule has 0 bridgehead atoms. The number of hydrogen-bond donors (Lipinski definition) is 0. The van der Waals surface area contributed by atoms with Gasteiger partial charge in [-0.25, -0.2) is 0 Å². The van der Waals surface area contributed by atoms with E-state index in [2.05, 4.69) is 4.74 Å². The number of halogens is 6. The van der Waals surface area contributed by atoms with Gasteiger partial charge in [0.2, 0.25) is 0 Å². The molecule has 0 aliphatic carbocycles. The standard InChI is InChI=1S/C3H7Cl6NP2/c1-3(2,11(4,5)6)10-12(7,8)9/h11H,1-2H3. The van der Waals surface area contributed by atoms with Gasteiger partial charge >= 0.3 is 102 Å². The van der Waals surface area contributed by atoms with Gasteiger partial charge in [-0.1, -0.05) is 0 Å². The zero-order valence-electron chi connectivity index (χ0n) is 6.16. The van der Waals surface area contributed by atoms with Gasteiger partial charge in [0.1, 0.15) is 0 Å². The molecule has 0 atom stereocenters. The summed E-state index contributed by atoms with van der Waals surface area (Å²) in [6.45, 7) is 3.29. The van der Waals surface area contributed by atoms with Crippen molar-refractivity contribution >= 4 is 77.9 Å². The second kappa shape index (κ2) is 4.50. The molecule has 0 rings (SSSR count). The van der Waals surface area contributed by atoms with Crippen molar-refractivity contribution in [3.05, 3.63) is 0 Å². The van der Waals surface area contributed by atoms with Gasteiger partial charge in [0.15, 0.2) is 0 Å². The van der Waals surface area contributed by atoms with Crippen LogP contribution in [0.2, 0.25) is 0 Å². The molecule has 0 aromatic heterocycles. The van der Waals surface area contributed by atoms with E-state index in [-0.39, 0.29) is 0 Å². The summed E-state index contributed by atoms with van der Waals surface area (Å²) in [4.78, 5) is 0. The average molecular weight is 332 g/mol. The van der Waals surface area contributed by atoms with Crippen molar-refractivity contribution in [2.45, 2.75) is 19.1 Å². The van der Waals surface area contributed by atoms with Crippen LogP contribution in [-0.4, -0.2) is 5.28 Å². The van der Waals surface area contributed by atoms with E-state index in [9.17, 15) is 0 Å². The Morgan fingerprint density at radius 3 is 1.50 bits per heavy atom. The van der Waals surface area contributed by atoms with Crippen LogP contribution in [0.1, 0.15) is 13.8 Å². The Hall–Kier alpha value is 2.40. The SMILES string of the molecule is CC(C)(N=P(Cl)(Cl)Cl)[PH](Cl)(Cl)Cl. The van der Waals surface area contributed by atoms with E-state index in [1.54, 1.807) is 13.8 Å². The molecular formula is C3H7Cl6NP2. The second-order valence-corrected chi connectivity index (χ2v) is 18.6. The molecule has 0 saturated heterocycles. The first-order valence-electron chi connectivity index (χ1n) is 2.75. The van der Waals surface area contributed by atoms with Crippen molar-refractivity contribution in [2.75, 3.05) is 0 Å². The predicted octanol–water partition coefficient (Wildman–Crippen LogP) is 6.60. The minimum absolute atomic E-state index is 0.864. The number of hydrogen-bond acceptors (Lipinski definition) is 1. The van der Waals surface area contributed by atoms with Crippen molar-refractivity contribution in [1.29, 1.82) is 0 Å². The van der Waals surface area contributed by atoms with Crippen LogP contribution in [0.15, 0.2) is 4.74 Å². The molecule has 0 aliphatic rings. The second-order valence-electron chi connectivity index (χ2n) is 2.58. The number of rotatable bonds is 2. The summed E-state index contributed by atoms with van der Waals surface area (Å²) in [6, 6.07) is 0. The van der Waals surface area contributed by atoms with Crippen LogP contribution in [-0.2, 0) is 0 Å². The fourth-order valence-electron chi connectivity index (χ4n) is 0.340. The fourth-order valence-corrected chi connectivity index (χ4v) is 5.10. The summed E-state index contributed by atoms with van der Waals surface area (Å²) in [5.41, 5.74) is 0. The first-order chi connectivity index (χ1) is 4.96. The topological polar surface area (TPSA) is 12.4 Å². The summed E-state index contributed by atoms with van der Waals surface area (Å²) in [6.07, 6.45) is 0. The molecular weight excluding hydrogens is 325 g/mol. The molecule has 0 aliphatic heterocycles. The Morgan fingerprint density at radius 1 is 1.08 bits per heavy atom. The Bertz CT molecular complexity index is 205. The molecule has 0 fully saturated rings. The molecule has 0 aromatic carbocycles. The maximum absolute atomic E-state index is 5.75. The minimum atomic E-state index is -2.97. The molecule has 0 aromatic rings. The van der Waals surface area contributed by atoms with E-state index < -0.39 is 15.7 Å². The zero-order valence-corrected chi connectivity index (χ0v) is 12.6. The summed E-state index contributed by atoms with van der Waals surface area (Å²) in [7, 11) is 0. The normalized spacial score (nSPS) is 16.0. The molecule has 0 unspecified atom stereocenters. The first-order valence-corrected chi connectivity index (χ1v) is 12.2. The third kappa shape index (κ3) is 5.32. The van der Waals surface area contributed by atoms with Gasteiger partial charge in [0.25, 0.3) is 0 Å². The molecule has 0 spiro atoms. The van der Waals surface area contributed by atoms with E-state index in [0.717, 1.165) is 0 Å². The Labute approximate surface area is 101 Å². The molecule has 12 heavy (non-hydrogen) atoms. The van der Waals surface area contributed by atoms with E-state index in [1.807, 2.05) is 0 Å². The van der Waals surface area contributed by atoms with Gasteiger partial charge in [0.05, 0.1) is 0 Å². The monoisotopic (exact) mass is 329 g/mol. The van der Waals surface area contributed by atoms with Gasteiger partial charge in [-0.05, 0) is 0 Å². The molecule has 0 heterocycles. The van der Waals surface area contributed by atoms with Gasteiger partial charge in [-0.15, -0.1) is 0 Å².